The molecule has 0 heterocycles. The van der Waals surface area contributed by atoms with Gasteiger partial charge in [-0.1, -0.05) is 68.9 Å². The predicted octanol–water partition coefficient (Wildman–Crippen LogP) is 5.04. The fourth-order valence-electron chi connectivity index (χ4n) is 2.85. The Kier molecular flexibility index (Phi) is 9.56. The second kappa shape index (κ2) is 11.2. The first-order valence-corrected chi connectivity index (χ1v) is 8.57. The molecule has 2 atom stereocenters. The van der Waals surface area contributed by atoms with Crippen LogP contribution in [-0.2, 0) is 0 Å². The van der Waals surface area contributed by atoms with E-state index < -0.39 is 6.10 Å². The van der Waals surface area contributed by atoms with Gasteiger partial charge in [0, 0.05) is 12.6 Å². The number of aliphatic hydroxyl groups is 1. The number of aryl methyl sites for hydroxylation is 1. The molecule has 0 fully saturated rings. The van der Waals surface area contributed by atoms with Gasteiger partial charge < -0.3 is 10.3 Å². The molecule has 0 spiro atoms. The fraction of sp³-hybridized carbons (Fsp3) is 0.632. The Balaban J connectivity index is 2.57. The molecule has 0 saturated carbocycles. The third-order valence-corrected chi connectivity index (χ3v) is 4.22. The van der Waals surface area contributed by atoms with Crippen LogP contribution in [0.15, 0.2) is 29.4 Å². The molecule has 0 aliphatic heterocycles. The molecule has 1 rings (SSSR count). The number of aliphatic hydroxyl groups excluding tert-OH is 1. The van der Waals surface area contributed by atoms with Crippen molar-refractivity contribution in [3.63, 3.8) is 0 Å². The van der Waals surface area contributed by atoms with Crippen LogP contribution in [0.1, 0.15) is 75.3 Å². The number of nitrogens with zero attached hydrogens (tertiary/aromatic N) is 1. The largest absolute Gasteiger partial charge is 0.411 e. The van der Waals surface area contributed by atoms with Gasteiger partial charge in [-0.15, -0.1) is 5.16 Å². The highest BCUT2D eigenvalue weighted by Gasteiger charge is 2.16. The zero-order chi connectivity index (χ0) is 16.2. The van der Waals surface area contributed by atoms with Crippen LogP contribution in [0.2, 0.25) is 0 Å². The Bertz CT molecular complexity index is 414. The van der Waals surface area contributed by atoms with Gasteiger partial charge in [-0.05, 0) is 31.2 Å². The van der Waals surface area contributed by atoms with Crippen molar-refractivity contribution >= 4 is 6.21 Å². The maximum absolute atomic E-state index is 10.1. The van der Waals surface area contributed by atoms with Gasteiger partial charge in [-0.25, -0.2) is 0 Å². The summed E-state index contributed by atoms with van der Waals surface area (Å²) >= 11 is 0. The van der Waals surface area contributed by atoms with Crippen LogP contribution in [-0.4, -0.2) is 22.6 Å². The van der Waals surface area contributed by atoms with Crippen molar-refractivity contribution in [3.8, 4) is 0 Å². The number of oxime groups is 1. The third-order valence-electron chi connectivity index (χ3n) is 4.22. The van der Waals surface area contributed by atoms with E-state index in [4.69, 9.17) is 5.21 Å². The topological polar surface area (TPSA) is 52.8 Å². The molecule has 22 heavy (non-hydrogen) atoms. The van der Waals surface area contributed by atoms with Gasteiger partial charge in [-0.3, -0.25) is 0 Å². The first kappa shape index (κ1) is 18.7. The van der Waals surface area contributed by atoms with E-state index in [9.17, 15) is 5.11 Å². The van der Waals surface area contributed by atoms with Gasteiger partial charge >= 0.3 is 0 Å². The van der Waals surface area contributed by atoms with Crippen molar-refractivity contribution in [1.29, 1.82) is 0 Å². The highest BCUT2D eigenvalue weighted by molar-refractivity contribution is 5.56. The normalized spacial score (nSPS) is 14.3. The molecular weight excluding hydrogens is 274 g/mol. The summed E-state index contributed by atoms with van der Waals surface area (Å²) in [5, 5.41) is 21.6. The second-order valence-electron chi connectivity index (χ2n) is 6.23. The van der Waals surface area contributed by atoms with Gasteiger partial charge in [0.1, 0.15) is 0 Å². The van der Waals surface area contributed by atoms with Gasteiger partial charge in [0.05, 0.1) is 6.10 Å². The van der Waals surface area contributed by atoms with Crippen LogP contribution in [0, 0.1) is 6.92 Å². The van der Waals surface area contributed by atoms with E-state index in [2.05, 4.69) is 43.3 Å². The van der Waals surface area contributed by atoms with Crippen molar-refractivity contribution in [3.05, 3.63) is 35.4 Å². The van der Waals surface area contributed by atoms with Crippen molar-refractivity contribution in [2.45, 2.75) is 77.2 Å². The minimum absolute atomic E-state index is 0.379. The lowest BCUT2D eigenvalue weighted by molar-refractivity contribution is 0.160. The molecule has 0 saturated heterocycles. The summed E-state index contributed by atoms with van der Waals surface area (Å²) in [5.74, 6) is 0.379. The first-order valence-electron chi connectivity index (χ1n) is 8.57. The summed E-state index contributed by atoms with van der Waals surface area (Å²) in [6.45, 7) is 4.32. The smallest absolute Gasteiger partial charge is 0.0596 e. The summed E-state index contributed by atoms with van der Waals surface area (Å²) in [6.07, 6.45) is 9.53. The van der Waals surface area contributed by atoms with Crippen LogP contribution in [0.25, 0.3) is 0 Å². The molecule has 1 aromatic rings. The number of hydrogen-bond donors (Lipinski definition) is 2. The lowest BCUT2D eigenvalue weighted by Gasteiger charge is -2.20. The standard InChI is InChI=1S/C19H31NO2/c1-3-4-5-6-7-8-18(15-19(21)13-14-20-22)17-11-9-16(2)10-12-17/h9-12,14,18-19,21-22H,3-8,13,15H2,1-2H3. The van der Waals surface area contributed by atoms with E-state index in [1.807, 2.05) is 0 Å². The predicted molar refractivity (Wildman–Crippen MR) is 92.8 cm³/mol. The van der Waals surface area contributed by atoms with Gasteiger partial charge in [-0.2, -0.15) is 0 Å². The zero-order valence-corrected chi connectivity index (χ0v) is 14.0. The number of rotatable bonds is 11. The molecule has 0 radical (unpaired) electrons. The third kappa shape index (κ3) is 7.60. The molecular formula is C19H31NO2. The van der Waals surface area contributed by atoms with Gasteiger partial charge in [0.15, 0.2) is 0 Å². The molecule has 0 bridgehead atoms. The van der Waals surface area contributed by atoms with Gasteiger partial charge in [0.2, 0.25) is 0 Å². The van der Waals surface area contributed by atoms with E-state index in [1.54, 1.807) is 0 Å². The molecule has 3 nitrogen and oxygen atoms in total. The van der Waals surface area contributed by atoms with Crippen molar-refractivity contribution in [2.75, 3.05) is 0 Å². The highest BCUT2D eigenvalue weighted by atomic mass is 16.4. The summed E-state index contributed by atoms with van der Waals surface area (Å²) in [7, 11) is 0. The Morgan fingerprint density at radius 2 is 1.77 bits per heavy atom. The maximum Gasteiger partial charge on any atom is 0.0596 e. The van der Waals surface area contributed by atoms with Crippen molar-refractivity contribution in [1.82, 2.24) is 0 Å². The Hall–Kier alpha value is -1.35. The molecule has 2 unspecified atom stereocenters. The van der Waals surface area contributed by atoms with Crippen LogP contribution < -0.4 is 0 Å². The molecule has 3 heteroatoms. The first-order chi connectivity index (χ1) is 10.7. The van der Waals surface area contributed by atoms with E-state index in [0.29, 0.717) is 12.3 Å². The lowest BCUT2D eigenvalue weighted by Crippen LogP contribution is -2.13. The number of hydrogen-bond acceptors (Lipinski definition) is 3. The van der Waals surface area contributed by atoms with E-state index in [1.165, 1.54) is 49.4 Å². The molecule has 1 aromatic carbocycles. The Labute approximate surface area is 135 Å². The molecule has 0 aliphatic carbocycles. The van der Waals surface area contributed by atoms with Crippen LogP contribution in [0.3, 0.4) is 0 Å². The minimum Gasteiger partial charge on any atom is -0.411 e. The summed E-state index contributed by atoms with van der Waals surface area (Å²) in [6, 6.07) is 8.64. The monoisotopic (exact) mass is 305 g/mol. The Morgan fingerprint density at radius 3 is 2.41 bits per heavy atom. The zero-order valence-electron chi connectivity index (χ0n) is 14.0. The van der Waals surface area contributed by atoms with Crippen LogP contribution in [0.5, 0.6) is 0 Å². The van der Waals surface area contributed by atoms with Gasteiger partial charge in [0.25, 0.3) is 0 Å². The summed E-state index contributed by atoms with van der Waals surface area (Å²) < 4.78 is 0. The van der Waals surface area contributed by atoms with E-state index in [0.717, 1.165) is 12.8 Å². The van der Waals surface area contributed by atoms with E-state index >= 15 is 0 Å². The molecule has 2 N–H and O–H groups in total. The number of unbranched alkanes of at least 4 members (excludes halogenated alkanes) is 4. The van der Waals surface area contributed by atoms with Crippen molar-refractivity contribution < 1.29 is 10.3 Å². The summed E-state index contributed by atoms with van der Waals surface area (Å²) in [5.41, 5.74) is 2.57. The van der Waals surface area contributed by atoms with E-state index in [-0.39, 0.29) is 0 Å². The molecule has 0 aliphatic rings. The Morgan fingerprint density at radius 1 is 1.09 bits per heavy atom. The van der Waals surface area contributed by atoms with Crippen LogP contribution >= 0.6 is 0 Å². The molecule has 124 valence electrons. The maximum atomic E-state index is 10.1. The molecule has 0 aromatic heterocycles. The lowest BCUT2D eigenvalue weighted by atomic mass is 9.87. The van der Waals surface area contributed by atoms with Crippen LogP contribution in [0.4, 0.5) is 0 Å². The second-order valence-corrected chi connectivity index (χ2v) is 6.23. The number of benzene rings is 1. The SMILES string of the molecule is CCCCCCCC(CC(O)CC=NO)c1ccc(C)cc1. The summed E-state index contributed by atoms with van der Waals surface area (Å²) in [4.78, 5) is 0. The molecule has 0 amide bonds. The van der Waals surface area contributed by atoms with Crippen molar-refractivity contribution in [2.24, 2.45) is 5.16 Å². The highest BCUT2D eigenvalue weighted by Crippen LogP contribution is 2.28. The average Bonchev–Trinajstić information content (AvgIpc) is 2.52. The quantitative estimate of drug-likeness (QED) is 0.260. The average molecular weight is 305 g/mol. The fourth-order valence-corrected chi connectivity index (χ4v) is 2.85. The minimum atomic E-state index is -0.446.